The third-order valence-corrected chi connectivity index (χ3v) is 3.68. The number of rotatable bonds is 5. The van der Waals surface area contributed by atoms with Crippen LogP contribution < -0.4 is 5.73 Å². The van der Waals surface area contributed by atoms with Gasteiger partial charge >= 0.3 is 0 Å². The van der Waals surface area contributed by atoms with Crippen molar-refractivity contribution in [2.75, 3.05) is 13.7 Å². The number of hydrogen-bond acceptors (Lipinski definition) is 6. The minimum absolute atomic E-state index is 0.274. The minimum Gasteiger partial charge on any atom is -0.383 e. The molecule has 0 radical (unpaired) electrons. The molecule has 17 heavy (non-hydrogen) atoms. The highest BCUT2D eigenvalue weighted by molar-refractivity contribution is 9.10. The van der Waals surface area contributed by atoms with Crippen molar-refractivity contribution in [2.24, 2.45) is 5.73 Å². The van der Waals surface area contributed by atoms with E-state index in [1.165, 1.54) is 11.5 Å². The average Bonchev–Trinajstić information content (AvgIpc) is 2.95. The Balaban J connectivity index is 2.27. The molecule has 2 heterocycles. The molecule has 6 nitrogen and oxygen atoms in total. The maximum absolute atomic E-state index is 6.18. The molecule has 1 unspecified atom stereocenters. The highest BCUT2D eigenvalue weighted by atomic mass is 79.9. The Hall–Kier alpha value is -0.830. The lowest BCUT2D eigenvalue weighted by Gasteiger charge is -2.12. The summed E-state index contributed by atoms with van der Waals surface area (Å²) >= 11 is 4.75. The summed E-state index contributed by atoms with van der Waals surface area (Å²) in [7, 11) is 1.66. The summed E-state index contributed by atoms with van der Waals surface area (Å²) in [6.45, 7) is 1.26. The van der Waals surface area contributed by atoms with Crippen LogP contribution in [0.25, 0.3) is 0 Å². The zero-order valence-electron chi connectivity index (χ0n) is 9.21. The fourth-order valence-electron chi connectivity index (χ4n) is 1.48. The van der Waals surface area contributed by atoms with E-state index in [0.29, 0.717) is 13.2 Å². The standard InChI is InChI=1S/C9H12BrN5OS/c1-16-3-2-15-9(6(10)4-13-15)8(11)7-5-12-14-17-7/h4-5,8H,2-3,11H2,1H3. The lowest BCUT2D eigenvalue weighted by atomic mass is 10.2. The molecule has 2 aromatic rings. The van der Waals surface area contributed by atoms with Gasteiger partial charge in [0.05, 0.1) is 46.6 Å². The van der Waals surface area contributed by atoms with E-state index in [-0.39, 0.29) is 6.04 Å². The molecule has 2 rings (SSSR count). The second-order valence-corrected chi connectivity index (χ2v) is 5.06. The topological polar surface area (TPSA) is 78.9 Å². The summed E-state index contributed by atoms with van der Waals surface area (Å²) in [5, 5.41) is 8.05. The fraction of sp³-hybridized carbons (Fsp3) is 0.444. The van der Waals surface area contributed by atoms with Crippen molar-refractivity contribution in [1.29, 1.82) is 0 Å². The first kappa shape index (κ1) is 12.6. The zero-order chi connectivity index (χ0) is 12.3. The molecule has 0 aromatic carbocycles. The molecule has 2 aromatic heterocycles. The molecular formula is C9H12BrN5OS. The SMILES string of the molecule is COCCn1ncc(Br)c1C(N)c1cnns1. The van der Waals surface area contributed by atoms with Crippen LogP contribution in [0.1, 0.15) is 16.6 Å². The maximum Gasteiger partial charge on any atom is 0.0860 e. The second-order valence-electron chi connectivity index (χ2n) is 3.39. The summed E-state index contributed by atoms with van der Waals surface area (Å²) in [5.74, 6) is 0. The van der Waals surface area contributed by atoms with E-state index >= 15 is 0 Å². The van der Waals surface area contributed by atoms with E-state index in [4.69, 9.17) is 10.5 Å². The number of ether oxygens (including phenoxy) is 1. The number of hydrogen-bond donors (Lipinski definition) is 1. The number of halogens is 1. The minimum atomic E-state index is -0.274. The first-order valence-corrected chi connectivity index (χ1v) is 6.53. The van der Waals surface area contributed by atoms with Crippen LogP contribution in [-0.2, 0) is 11.3 Å². The van der Waals surface area contributed by atoms with Gasteiger partial charge in [-0.15, -0.1) is 5.10 Å². The zero-order valence-corrected chi connectivity index (χ0v) is 11.6. The van der Waals surface area contributed by atoms with Gasteiger partial charge in [-0.1, -0.05) is 4.49 Å². The first-order chi connectivity index (χ1) is 8.24. The van der Waals surface area contributed by atoms with Gasteiger partial charge in [-0.05, 0) is 27.5 Å². The van der Waals surface area contributed by atoms with Crippen molar-refractivity contribution in [2.45, 2.75) is 12.6 Å². The molecule has 2 N–H and O–H groups in total. The third kappa shape index (κ3) is 2.71. The highest BCUT2D eigenvalue weighted by Gasteiger charge is 2.19. The van der Waals surface area contributed by atoms with Gasteiger partial charge in [0.1, 0.15) is 0 Å². The molecule has 0 aliphatic rings. The Labute approximate surface area is 111 Å². The van der Waals surface area contributed by atoms with Crippen LogP contribution >= 0.6 is 27.5 Å². The summed E-state index contributed by atoms with van der Waals surface area (Å²) in [4.78, 5) is 0.907. The Bertz CT molecular complexity index is 472. The third-order valence-electron chi connectivity index (χ3n) is 2.32. The van der Waals surface area contributed by atoms with Gasteiger partial charge < -0.3 is 10.5 Å². The van der Waals surface area contributed by atoms with E-state index in [1.807, 2.05) is 4.68 Å². The van der Waals surface area contributed by atoms with Crippen molar-refractivity contribution in [1.82, 2.24) is 19.4 Å². The number of nitrogens with two attached hydrogens (primary N) is 1. The molecule has 0 spiro atoms. The molecule has 92 valence electrons. The van der Waals surface area contributed by atoms with Crippen molar-refractivity contribution in [3.63, 3.8) is 0 Å². The van der Waals surface area contributed by atoms with E-state index < -0.39 is 0 Å². The Morgan fingerprint density at radius 3 is 3.06 bits per heavy atom. The Morgan fingerprint density at radius 1 is 1.59 bits per heavy atom. The summed E-state index contributed by atoms with van der Waals surface area (Å²) in [6, 6.07) is -0.274. The molecule has 0 amide bonds. The summed E-state index contributed by atoms with van der Waals surface area (Å²) in [6.07, 6.45) is 3.41. The number of nitrogens with zero attached hydrogens (tertiary/aromatic N) is 4. The van der Waals surface area contributed by atoms with Gasteiger partial charge in [0, 0.05) is 7.11 Å². The smallest absolute Gasteiger partial charge is 0.0860 e. The lowest BCUT2D eigenvalue weighted by molar-refractivity contribution is 0.182. The van der Waals surface area contributed by atoms with Gasteiger partial charge in [-0.25, -0.2) is 0 Å². The number of methoxy groups -OCH3 is 1. The highest BCUT2D eigenvalue weighted by Crippen LogP contribution is 2.27. The predicted octanol–water partition coefficient (Wildman–Crippen LogP) is 1.19. The van der Waals surface area contributed by atoms with Crippen molar-refractivity contribution in [3.05, 3.63) is 27.4 Å². The van der Waals surface area contributed by atoms with Crippen LogP contribution in [0.3, 0.4) is 0 Å². The molecule has 0 bridgehead atoms. The summed E-state index contributed by atoms with van der Waals surface area (Å²) < 4.78 is 11.6. The van der Waals surface area contributed by atoms with E-state index in [0.717, 1.165) is 15.0 Å². The van der Waals surface area contributed by atoms with Crippen LogP contribution in [0.15, 0.2) is 16.9 Å². The summed E-state index contributed by atoms with van der Waals surface area (Å²) in [5.41, 5.74) is 7.09. The van der Waals surface area contributed by atoms with E-state index in [9.17, 15) is 0 Å². The van der Waals surface area contributed by atoms with Crippen molar-refractivity contribution >= 4 is 27.5 Å². The normalized spacial score (nSPS) is 12.9. The van der Waals surface area contributed by atoms with E-state index in [2.05, 4.69) is 30.6 Å². The van der Waals surface area contributed by atoms with Gasteiger partial charge in [0.2, 0.25) is 0 Å². The van der Waals surface area contributed by atoms with Crippen molar-refractivity contribution in [3.8, 4) is 0 Å². The molecule has 1 atom stereocenters. The van der Waals surface area contributed by atoms with E-state index in [1.54, 1.807) is 19.5 Å². The molecule has 0 aliphatic carbocycles. The monoisotopic (exact) mass is 317 g/mol. The van der Waals surface area contributed by atoms with Gasteiger partial charge in [0.15, 0.2) is 0 Å². The molecule has 8 heteroatoms. The Kier molecular flexibility index (Phi) is 4.21. The molecule has 0 aliphatic heterocycles. The average molecular weight is 318 g/mol. The molecule has 0 saturated heterocycles. The van der Waals surface area contributed by atoms with Gasteiger partial charge in [-0.3, -0.25) is 4.68 Å². The van der Waals surface area contributed by atoms with Crippen LogP contribution in [0.4, 0.5) is 0 Å². The molecule has 0 saturated carbocycles. The fourth-order valence-corrected chi connectivity index (χ4v) is 2.53. The Morgan fingerprint density at radius 2 is 2.41 bits per heavy atom. The largest absolute Gasteiger partial charge is 0.383 e. The van der Waals surface area contributed by atoms with Crippen LogP contribution in [-0.4, -0.2) is 33.1 Å². The molecule has 0 fully saturated rings. The lowest BCUT2D eigenvalue weighted by Crippen LogP contribution is -2.18. The van der Waals surface area contributed by atoms with Crippen LogP contribution in [0.5, 0.6) is 0 Å². The number of aromatic nitrogens is 4. The first-order valence-electron chi connectivity index (χ1n) is 4.97. The predicted molar refractivity (Wildman–Crippen MR) is 67.7 cm³/mol. The molecular weight excluding hydrogens is 306 g/mol. The maximum atomic E-state index is 6.18. The van der Waals surface area contributed by atoms with Gasteiger partial charge in [0.25, 0.3) is 0 Å². The van der Waals surface area contributed by atoms with Gasteiger partial charge in [-0.2, -0.15) is 5.10 Å². The second kappa shape index (κ2) is 5.67. The van der Waals surface area contributed by atoms with Crippen LogP contribution in [0.2, 0.25) is 0 Å². The van der Waals surface area contributed by atoms with Crippen molar-refractivity contribution < 1.29 is 4.74 Å². The quantitative estimate of drug-likeness (QED) is 0.896. The van der Waals surface area contributed by atoms with Crippen LogP contribution in [0, 0.1) is 0 Å².